The van der Waals surface area contributed by atoms with E-state index < -0.39 is 18.1 Å². The minimum atomic E-state index is -5.08. The molecule has 0 aromatic heterocycles. The van der Waals surface area contributed by atoms with Gasteiger partial charge in [0.25, 0.3) is 0 Å². The van der Waals surface area contributed by atoms with Crippen molar-refractivity contribution in [1.82, 2.24) is 5.32 Å². The number of carbonyl (C=O) groups excluding carboxylic acids is 1. The van der Waals surface area contributed by atoms with Crippen LogP contribution in [0.1, 0.15) is 34.0 Å². The number of fused-ring (bicyclic) bond motifs is 1. The third-order valence-corrected chi connectivity index (χ3v) is 5.68. The van der Waals surface area contributed by atoms with Crippen molar-refractivity contribution in [3.05, 3.63) is 95.1 Å². The average Bonchev–Trinajstić information content (AvgIpc) is 3.14. The van der Waals surface area contributed by atoms with Crippen molar-refractivity contribution >= 4 is 11.9 Å². The summed E-state index contributed by atoms with van der Waals surface area (Å²) in [6, 6.07) is 24.6. The van der Waals surface area contributed by atoms with Crippen LogP contribution in [0.2, 0.25) is 0 Å². The summed E-state index contributed by atoms with van der Waals surface area (Å²) in [5.74, 6) is -3.16. The lowest BCUT2D eigenvalue weighted by Gasteiger charge is -2.25. The molecule has 0 radical (unpaired) electrons. The highest BCUT2D eigenvalue weighted by atomic mass is 19.4. The van der Waals surface area contributed by atoms with Crippen molar-refractivity contribution in [2.24, 2.45) is 5.73 Å². The van der Waals surface area contributed by atoms with Crippen LogP contribution in [0.15, 0.2) is 72.8 Å². The molecule has 5 nitrogen and oxygen atoms in total. The number of carbonyl (C=O) groups is 2. The van der Waals surface area contributed by atoms with Gasteiger partial charge in [0, 0.05) is 17.6 Å². The maximum atomic E-state index is 11.4. The normalized spacial score (nSPS) is 14.0. The fourth-order valence-electron chi connectivity index (χ4n) is 3.91. The van der Waals surface area contributed by atoms with Crippen LogP contribution in [0, 0.1) is 0 Å². The van der Waals surface area contributed by atoms with Crippen molar-refractivity contribution in [3.8, 4) is 11.1 Å². The van der Waals surface area contributed by atoms with Gasteiger partial charge < -0.3 is 16.2 Å². The van der Waals surface area contributed by atoms with Gasteiger partial charge in [-0.2, -0.15) is 13.2 Å². The molecule has 0 spiro atoms. The van der Waals surface area contributed by atoms with Gasteiger partial charge in [0.05, 0.1) is 0 Å². The van der Waals surface area contributed by atoms with Crippen LogP contribution < -0.4 is 11.1 Å². The summed E-state index contributed by atoms with van der Waals surface area (Å²) < 4.78 is 31.7. The van der Waals surface area contributed by atoms with Gasteiger partial charge in [-0.15, -0.1) is 0 Å². The van der Waals surface area contributed by atoms with Crippen LogP contribution in [0.25, 0.3) is 11.1 Å². The first-order valence-electron chi connectivity index (χ1n) is 10.6. The number of primary amides is 1. The number of rotatable bonds is 5. The van der Waals surface area contributed by atoms with E-state index in [1.807, 2.05) is 18.2 Å². The van der Waals surface area contributed by atoms with Crippen molar-refractivity contribution in [1.29, 1.82) is 0 Å². The Morgan fingerprint density at radius 2 is 1.50 bits per heavy atom. The van der Waals surface area contributed by atoms with E-state index in [9.17, 15) is 18.0 Å². The smallest absolute Gasteiger partial charge is 0.475 e. The van der Waals surface area contributed by atoms with E-state index in [0.29, 0.717) is 5.56 Å². The fourth-order valence-corrected chi connectivity index (χ4v) is 3.91. The van der Waals surface area contributed by atoms with Crippen molar-refractivity contribution in [2.75, 3.05) is 0 Å². The Morgan fingerprint density at radius 1 is 0.941 bits per heavy atom. The SMILES string of the molecule is CC1(NCc2ccc(-c3cccc(C(N)=O)c3)cc2)Cc2ccccc2C1.O=C(O)C(F)(F)F. The molecule has 0 fully saturated rings. The fraction of sp³-hybridized carbons (Fsp3) is 0.231. The van der Waals surface area contributed by atoms with Crippen LogP contribution in [-0.4, -0.2) is 28.7 Å². The molecule has 178 valence electrons. The Morgan fingerprint density at radius 3 is 2.00 bits per heavy atom. The van der Waals surface area contributed by atoms with Gasteiger partial charge in [0.15, 0.2) is 0 Å². The van der Waals surface area contributed by atoms with Gasteiger partial charge in [-0.3, -0.25) is 4.79 Å². The van der Waals surface area contributed by atoms with Crippen LogP contribution in [0.4, 0.5) is 13.2 Å². The zero-order chi connectivity index (χ0) is 24.9. The molecule has 4 rings (SSSR count). The highest BCUT2D eigenvalue weighted by Crippen LogP contribution is 2.30. The number of amides is 1. The first-order valence-corrected chi connectivity index (χ1v) is 10.6. The van der Waals surface area contributed by atoms with Crippen LogP contribution in [0.5, 0.6) is 0 Å². The van der Waals surface area contributed by atoms with Crippen molar-refractivity contribution < 1.29 is 27.9 Å². The second-order valence-electron chi connectivity index (χ2n) is 8.48. The largest absolute Gasteiger partial charge is 0.490 e. The number of carboxylic acids is 1. The Labute approximate surface area is 195 Å². The lowest BCUT2D eigenvalue weighted by atomic mass is 9.97. The molecule has 1 aliphatic carbocycles. The quantitative estimate of drug-likeness (QED) is 0.503. The highest BCUT2D eigenvalue weighted by Gasteiger charge is 2.38. The number of aliphatic carboxylic acids is 1. The lowest BCUT2D eigenvalue weighted by molar-refractivity contribution is -0.192. The molecular weight excluding hydrogens is 445 g/mol. The third-order valence-electron chi connectivity index (χ3n) is 5.68. The molecule has 3 aromatic rings. The topological polar surface area (TPSA) is 92.4 Å². The molecule has 1 amide bonds. The zero-order valence-electron chi connectivity index (χ0n) is 18.5. The van der Waals surface area contributed by atoms with Gasteiger partial charge in [0.1, 0.15) is 0 Å². The van der Waals surface area contributed by atoms with E-state index in [1.54, 1.807) is 6.07 Å². The summed E-state index contributed by atoms with van der Waals surface area (Å²) in [7, 11) is 0. The van der Waals surface area contributed by atoms with Crippen molar-refractivity contribution in [2.45, 2.75) is 38.0 Å². The summed E-state index contributed by atoms with van der Waals surface area (Å²) in [6.45, 7) is 3.14. The number of nitrogens with two attached hydrogens (primary N) is 1. The summed E-state index contributed by atoms with van der Waals surface area (Å²) in [5.41, 5.74) is 12.3. The van der Waals surface area contributed by atoms with Gasteiger partial charge in [0.2, 0.25) is 5.91 Å². The number of halogens is 3. The molecule has 1 aliphatic rings. The molecule has 0 unspecified atom stereocenters. The Bertz CT molecular complexity index is 1150. The van der Waals surface area contributed by atoms with Crippen LogP contribution in [0.3, 0.4) is 0 Å². The van der Waals surface area contributed by atoms with E-state index >= 15 is 0 Å². The summed E-state index contributed by atoms with van der Waals surface area (Å²) in [6.07, 6.45) is -2.94. The van der Waals surface area contributed by atoms with Crippen LogP contribution >= 0.6 is 0 Å². The molecule has 0 aliphatic heterocycles. The molecular formula is C26H25F3N2O3. The minimum Gasteiger partial charge on any atom is -0.475 e. The summed E-state index contributed by atoms with van der Waals surface area (Å²) in [5, 5.41) is 10.9. The van der Waals surface area contributed by atoms with Gasteiger partial charge >= 0.3 is 12.1 Å². The van der Waals surface area contributed by atoms with Crippen molar-refractivity contribution in [3.63, 3.8) is 0 Å². The average molecular weight is 470 g/mol. The predicted molar refractivity (Wildman–Crippen MR) is 123 cm³/mol. The Hall–Kier alpha value is -3.65. The van der Waals surface area contributed by atoms with Crippen LogP contribution in [-0.2, 0) is 24.2 Å². The predicted octanol–water partition coefficient (Wildman–Crippen LogP) is 4.73. The second-order valence-corrected chi connectivity index (χ2v) is 8.48. The second kappa shape index (κ2) is 10.1. The zero-order valence-corrected chi connectivity index (χ0v) is 18.5. The monoisotopic (exact) mass is 470 g/mol. The molecule has 0 atom stereocenters. The highest BCUT2D eigenvalue weighted by molar-refractivity contribution is 5.94. The maximum Gasteiger partial charge on any atom is 0.490 e. The van der Waals surface area contributed by atoms with E-state index in [4.69, 9.17) is 15.6 Å². The number of hydrogen-bond acceptors (Lipinski definition) is 3. The number of carboxylic acid groups (broad SMARTS) is 1. The summed E-state index contributed by atoms with van der Waals surface area (Å²) in [4.78, 5) is 20.3. The lowest BCUT2D eigenvalue weighted by Crippen LogP contribution is -2.42. The Balaban J connectivity index is 0.000000406. The van der Waals surface area contributed by atoms with Gasteiger partial charge in [-0.1, -0.05) is 60.7 Å². The molecule has 0 heterocycles. The van der Waals surface area contributed by atoms with E-state index in [0.717, 1.165) is 30.5 Å². The number of nitrogens with one attached hydrogen (secondary N) is 1. The summed E-state index contributed by atoms with van der Waals surface area (Å²) >= 11 is 0. The number of benzene rings is 3. The molecule has 8 heteroatoms. The van der Waals surface area contributed by atoms with Gasteiger partial charge in [-0.05, 0) is 59.7 Å². The Kier molecular flexibility index (Phi) is 7.41. The van der Waals surface area contributed by atoms with Gasteiger partial charge in [-0.25, -0.2) is 4.79 Å². The molecule has 34 heavy (non-hydrogen) atoms. The minimum absolute atomic E-state index is 0.109. The molecule has 0 saturated heterocycles. The maximum absolute atomic E-state index is 11.4. The first kappa shape index (κ1) is 25.0. The standard InChI is InChI=1S/C24H24N2O.C2HF3O2/c1-24(14-21-5-2-3-6-22(21)15-24)26-16-17-9-11-18(12-10-17)19-7-4-8-20(13-19)23(25)27;3-2(4,5)1(6)7/h2-13,26H,14-16H2,1H3,(H2,25,27);(H,6,7). The third kappa shape index (κ3) is 6.45. The van der Waals surface area contributed by atoms with E-state index in [-0.39, 0.29) is 5.54 Å². The molecule has 0 bridgehead atoms. The first-order chi connectivity index (χ1) is 16.0. The molecule has 3 aromatic carbocycles. The number of alkyl halides is 3. The van der Waals surface area contributed by atoms with E-state index in [2.05, 4.69) is 60.8 Å². The number of hydrogen-bond donors (Lipinski definition) is 3. The molecule has 0 saturated carbocycles. The van der Waals surface area contributed by atoms with E-state index in [1.165, 1.54) is 16.7 Å². The molecule has 4 N–H and O–H groups in total.